The largest absolute Gasteiger partial charge is 0.481 e. The topological polar surface area (TPSA) is 82.1 Å². The molecule has 1 aliphatic heterocycles. The highest BCUT2D eigenvalue weighted by Crippen LogP contribution is 2.11. The SMILES string of the molecule is CC(CCN(C)C)NC(=O)N1CCOCC1CC(=O)O. The Hall–Kier alpha value is -1.34. The van der Waals surface area contributed by atoms with E-state index in [1.54, 1.807) is 4.90 Å². The summed E-state index contributed by atoms with van der Waals surface area (Å²) in [5.41, 5.74) is 0. The van der Waals surface area contributed by atoms with Crippen LogP contribution in [-0.4, -0.2) is 79.4 Å². The molecule has 2 amide bonds. The maximum Gasteiger partial charge on any atom is 0.318 e. The number of hydrogen-bond donors (Lipinski definition) is 2. The van der Waals surface area contributed by atoms with Crippen molar-refractivity contribution in [3.8, 4) is 0 Å². The molecule has 2 atom stereocenters. The molecular weight excluding hydrogens is 262 g/mol. The third-order valence-corrected chi connectivity index (χ3v) is 3.28. The van der Waals surface area contributed by atoms with Crippen LogP contribution in [0.2, 0.25) is 0 Å². The molecule has 2 unspecified atom stereocenters. The molecule has 0 aliphatic carbocycles. The van der Waals surface area contributed by atoms with Crippen molar-refractivity contribution < 1.29 is 19.4 Å². The van der Waals surface area contributed by atoms with Crippen LogP contribution >= 0.6 is 0 Å². The van der Waals surface area contributed by atoms with E-state index in [4.69, 9.17) is 9.84 Å². The molecule has 0 aromatic heterocycles. The monoisotopic (exact) mass is 287 g/mol. The summed E-state index contributed by atoms with van der Waals surface area (Å²) in [5.74, 6) is -0.918. The van der Waals surface area contributed by atoms with Gasteiger partial charge in [0.05, 0.1) is 25.7 Å². The lowest BCUT2D eigenvalue weighted by Gasteiger charge is -2.35. The number of hydrogen-bond acceptors (Lipinski definition) is 4. The number of carbonyl (C=O) groups is 2. The Morgan fingerprint density at radius 1 is 1.50 bits per heavy atom. The molecule has 1 aliphatic rings. The van der Waals surface area contributed by atoms with Crippen molar-refractivity contribution in [3.63, 3.8) is 0 Å². The predicted octanol–water partition coefficient (Wildman–Crippen LogP) is 0.212. The van der Waals surface area contributed by atoms with Crippen LogP contribution in [0.1, 0.15) is 19.8 Å². The number of nitrogens with one attached hydrogen (secondary N) is 1. The minimum absolute atomic E-state index is 0.0539. The molecule has 1 saturated heterocycles. The Morgan fingerprint density at radius 3 is 2.80 bits per heavy atom. The summed E-state index contributed by atoms with van der Waals surface area (Å²) in [4.78, 5) is 26.6. The van der Waals surface area contributed by atoms with Crippen LogP contribution in [0.5, 0.6) is 0 Å². The van der Waals surface area contributed by atoms with E-state index in [0.717, 1.165) is 13.0 Å². The lowest BCUT2D eigenvalue weighted by Crippen LogP contribution is -2.54. The minimum Gasteiger partial charge on any atom is -0.481 e. The summed E-state index contributed by atoms with van der Waals surface area (Å²) in [5, 5.41) is 11.8. The van der Waals surface area contributed by atoms with Gasteiger partial charge < -0.3 is 25.0 Å². The maximum atomic E-state index is 12.2. The van der Waals surface area contributed by atoms with E-state index in [1.807, 2.05) is 21.0 Å². The molecule has 20 heavy (non-hydrogen) atoms. The molecule has 1 rings (SSSR count). The highest BCUT2D eigenvalue weighted by molar-refractivity contribution is 5.76. The van der Waals surface area contributed by atoms with Crippen LogP contribution in [0.15, 0.2) is 0 Å². The molecular formula is C13H25N3O4. The van der Waals surface area contributed by atoms with Gasteiger partial charge in [0, 0.05) is 12.6 Å². The number of carbonyl (C=O) groups excluding carboxylic acids is 1. The first-order valence-electron chi connectivity index (χ1n) is 6.91. The summed E-state index contributed by atoms with van der Waals surface area (Å²) in [6.07, 6.45) is 0.770. The first kappa shape index (κ1) is 16.7. The second-order valence-corrected chi connectivity index (χ2v) is 5.46. The summed E-state index contributed by atoms with van der Waals surface area (Å²) in [6, 6.07) is -0.536. The number of rotatable bonds is 6. The molecule has 0 aromatic rings. The van der Waals surface area contributed by atoms with Crippen molar-refractivity contribution in [2.75, 3.05) is 40.4 Å². The van der Waals surface area contributed by atoms with Gasteiger partial charge in [-0.1, -0.05) is 0 Å². The van der Waals surface area contributed by atoms with Gasteiger partial charge in [0.2, 0.25) is 0 Å². The Bertz CT molecular complexity index is 336. The van der Waals surface area contributed by atoms with E-state index in [-0.39, 0.29) is 31.1 Å². The van der Waals surface area contributed by atoms with E-state index in [0.29, 0.717) is 13.2 Å². The molecule has 0 saturated carbocycles. The van der Waals surface area contributed by atoms with Gasteiger partial charge in [-0.25, -0.2) is 4.79 Å². The molecule has 0 spiro atoms. The fourth-order valence-corrected chi connectivity index (χ4v) is 2.11. The number of carboxylic acids is 1. The predicted molar refractivity (Wildman–Crippen MR) is 74.7 cm³/mol. The van der Waals surface area contributed by atoms with Gasteiger partial charge in [0.15, 0.2) is 0 Å². The quantitative estimate of drug-likeness (QED) is 0.730. The molecule has 7 nitrogen and oxygen atoms in total. The highest BCUT2D eigenvalue weighted by atomic mass is 16.5. The van der Waals surface area contributed by atoms with Crippen molar-refractivity contribution >= 4 is 12.0 Å². The van der Waals surface area contributed by atoms with Gasteiger partial charge in [-0.05, 0) is 34.0 Å². The van der Waals surface area contributed by atoms with E-state index in [2.05, 4.69) is 10.2 Å². The summed E-state index contributed by atoms with van der Waals surface area (Å²) in [6.45, 7) is 4.02. The second-order valence-electron chi connectivity index (χ2n) is 5.46. The van der Waals surface area contributed by atoms with Gasteiger partial charge >= 0.3 is 12.0 Å². The zero-order valence-electron chi connectivity index (χ0n) is 12.5. The summed E-state index contributed by atoms with van der Waals surface area (Å²) >= 11 is 0. The first-order valence-corrected chi connectivity index (χ1v) is 6.91. The van der Waals surface area contributed by atoms with Crippen molar-refractivity contribution in [2.45, 2.75) is 31.8 Å². The number of ether oxygens (including phenoxy) is 1. The van der Waals surface area contributed by atoms with E-state index >= 15 is 0 Å². The molecule has 1 fully saturated rings. The van der Waals surface area contributed by atoms with Crippen LogP contribution in [0.25, 0.3) is 0 Å². The summed E-state index contributed by atoms with van der Waals surface area (Å²) < 4.78 is 5.26. The van der Waals surface area contributed by atoms with Crippen molar-refractivity contribution in [1.29, 1.82) is 0 Å². The average Bonchev–Trinajstić information content (AvgIpc) is 2.36. The molecule has 116 valence electrons. The lowest BCUT2D eigenvalue weighted by molar-refractivity contribution is -0.139. The van der Waals surface area contributed by atoms with E-state index < -0.39 is 5.97 Å². The van der Waals surface area contributed by atoms with Crippen LogP contribution < -0.4 is 5.32 Å². The molecule has 2 N–H and O–H groups in total. The van der Waals surface area contributed by atoms with Crippen LogP contribution in [0.3, 0.4) is 0 Å². The number of urea groups is 1. The highest BCUT2D eigenvalue weighted by Gasteiger charge is 2.29. The number of aliphatic carboxylic acids is 1. The van der Waals surface area contributed by atoms with Gasteiger partial charge in [-0.3, -0.25) is 4.79 Å². The molecule has 0 bridgehead atoms. The fourth-order valence-electron chi connectivity index (χ4n) is 2.11. The minimum atomic E-state index is -0.918. The van der Waals surface area contributed by atoms with E-state index in [1.165, 1.54) is 0 Å². The van der Waals surface area contributed by atoms with Crippen LogP contribution in [0.4, 0.5) is 4.79 Å². The normalized spacial score (nSPS) is 20.8. The third-order valence-electron chi connectivity index (χ3n) is 3.28. The maximum absolute atomic E-state index is 12.2. The molecule has 1 heterocycles. The van der Waals surface area contributed by atoms with Gasteiger partial charge in [0.25, 0.3) is 0 Å². The third kappa shape index (κ3) is 5.75. The average molecular weight is 287 g/mol. The van der Waals surface area contributed by atoms with Crippen molar-refractivity contribution in [2.24, 2.45) is 0 Å². The van der Waals surface area contributed by atoms with Gasteiger partial charge in [0.1, 0.15) is 0 Å². The fraction of sp³-hybridized carbons (Fsp3) is 0.846. The second kappa shape index (κ2) is 8.06. The molecule has 0 aromatic carbocycles. The van der Waals surface area contributed by atoms with Gasteiger partial charge in [-0.15, -0.1) is 0 Å². The number of amides is 2. The standard InChI is InChI=1S/C13H25N3O4/c1-10(4-5-15(2)3)14-13(19)16-6-7-20-9-11(16)8-12(17)18/h10-11H,4-9H2,1-3H3,(H,14,19)(H,17,18). The van der Waals surface area contributed by atoms with Crippen LogP contribution in [-0.2, 0) is 9.53 Å². The summed E-state index contributed by atoms with van der Waals surface area (Å²) in [7, 11) is 3.97. The zero-order chi connectivity index (χ0) is 15.1. The van der Waals surface area contributed by atoms with Crippen LogP contribution in [0, 0.1) is 0 Å². The number of nitrogens with zero attached hydrogens (tertiary/aromatic N) is 2. The molecule has 0 radical (unpaired) electrons. The number of morpholine rings is 1. The van der Waals surface area contributed by atoms with Crippen molar-refractivity contribution in [3.05, 3.63) is 0 Å². The Morgan fingerprint density at radius 2 is 2.20 bits per heavy atom. The first-order chi connectivity index (χ1) is 9.40. The smallest absolute Gasteiger partial charge is 0.318 e. The molecule has 7 heteroatoms. The Balaban J connectivity index is 2.48. The Labute approximate surface area is 119 Å². The Kier molecular flexibility index (Phi) is 6.74. The van der Waals surface area contributed by atoms with E-state index in [9.17, 15) is 9.59 Å². The number of carboxylic acid groups (broad SMARTS) is 1. The zero-order valence-corrected chi connectivity index (χ0v) is 12.5. The lowest BCUT2D eigenvalue weighted by atomic mass is 10.1. The van der Waals surface area contributed by atoms with Crippen molar-refractivity contribution in [1.82, 2.24) is 15.1 Å². The van der Waals surface area contributed by atoms with Gasteiger partial charge in [-0.2, -0.15) is 0 Å².